The summed E-state index contributed by atoms with van der Waals surface area (Å²) in [6, 6.07) is 26.4. The van der Waals surface area contributed by atoms with E-state index < -0.39 is 29.6 Å². The van der Waals surface area contributed by atoms with Crippen molar-refractivity contribution >= 4 is 12.1 Å². The number of alkyl carbamates (subject to hydrolysis) is 1. The minimum atomic E-state index is -1.60. The number of carbonyl (C=O) groups excluding carboxylic acids is 1. The van der Waals surface area contributed by atoms with Gasteiger partial charge in [0.25, 0.3) is 0 Å². The van der Waals surface area contributed by atoms with Crippen LogP contribution in [0, 0.1) is 17.8 Å². The highest BCUT2D eigenvalue weighted by molar-refractivity contribution is 5.84. The van der Waals surface area contributed by atoms with Crippen molar-refractivity contribution in [3.63, 3.8) is 0 Å². The summed E-state index contributed by atoms with van der Waals surface area (Å²) < 4.78 is 12.2. The van der Waals surface area contributed by atoms with Crippen molar-refractivity contribution in [1.82, 2.24) is 5.32 Å². The molecule has 6 nitrogen and oxygen atoms in total. The van der Waals surface area contributed by atoms with Crippen LogP contribution in [-0.2, 0) is 20.7 Å². The molecule has 0 aromatic heterocycles. The number of hydrogen-bond donors (Lipinski definition) is 2. The highest BCUT2D eigenvalue weighted by Gasteiger charge is 2.47. The fraction of sp³-hybridized carbons (Fsp3) is 0.429. The SMILES string of the molecule is CC[C@H](Cc1ccccc1)[C@@H](OCC(C)C)[C@@H](C)C(C)(NC(=O)OCC1c2ccccc2-c2ccccc21)C(=O)O. The van der Waals surface area contributed by atoms with E-state index in [2.05, 4.69) is 62.5 Å². The molecule has 1 aliphatic rings. The number of hydrogen-bond acceptors (Lipinski definition) is 4. The first-order chi connectivity index (χ1) is 19.7. The van der Waals surface area contributed by atoms with Crippen molar-refractivity contribution in [1.29, 1.82) is 0 Å². The molecule has 0 radical (unpaired) electrons. The minimum Gasteiger partial charge on any atom is -0.480 e. The Morgan fingerprint density at radius 1 is 0.902 bits per heavy atom. The molecule has 6 heteroatoms. The van der Waals surface area contributed by atoms with Crippen LogP contribution in [0.3, 0.4) is 0 Å². The average Bonchev–Trinajstić information content (AvgIpc) is 3.29. The zero-order valence-electron chi connectivity index (χ0n) is 24.8. The highest BCUT2D eigenvalue weighted by atomic mass is 16.5. The van der Waals surface area contributed by atoms with Gasteiger partial charge in [0.05, 0.1) is 6.10 Å². The molecule has 0 bridgehead atoms. The van der Waals surface area contributed by atoms with Crippen LogP contribution in [0.2, 0.25) is 0 Å². The Balaban J connectivity index is 1.52. The number of carboxylic acid groups (broad SMARTS) is 1. The number of fused-ring (bicyclic) bond motifs is 3. The molecule has 0 saturated carbocycles. The van der Waals surface area contributed by atoms with E-state index in [9.17, 15) is 14.7 Å². The lowest BCUT2D eigenvalue weighted by atomic mass is 9.75. The van der Waals surface area contributed by atoms with Crippen molar-refractivity contribution in [3.8, 4) is 11.1 Å². The molecule has 0 fully saturated rings. The summed E-state index contributed by atoms with van der Waals surface area (Å²) in [5.41, 5.74) is 4.04. The lowest BCUT2D eigenvalue weighted by Crippen LogP contribution is -2.60. The van der Waals surface area contributed by atoms with Crippen LogP contribution in [0.5, 0.6) is 0 Å². The molecule has 3 aromatic carbocycles. The second kappa shape index (κ2) is 13.3. The lowest BCUT2D eigenvalue weighted by molar-refractivity contribution is -0.151. The molecule has 0 heterocycles. The number of ether oxygens (including phenoxy) is 2. The third kappa shape index (κ3) is 6.82. The van der Waals surface area contributed by atoms with Gasteiger partial charge < -0.3 is 19.9 Å². The maximum Gasteiger partial charge on any atom is 0.408 e. The van der Waals surface area contributed by atoms with Crippen LogP contribution >= 0.6 is 0 Å². The van der Waals surface area contributed by atoms with Gasteiger partial charge in [0.1, 0.15) is 12.1 Å². The number of aliphatic carboxylic acids is 1. The molecule has 4 rings (SSSR count). The van der Waals surface area contributed by atoms with Gasteiger partial charge in [-0.2, -0.15) is 0 Å². The van der Waals surface area contributed by atoms with Crippen molar-refractivity contribution in [2.45, 2.75) is 65.0 Å². The monoisotopic (exact) mass is 557 g/mol. The van der Waals surface area contributed by atoms with Crippen LogP contribution < -0.4 is 5.32 Å². The van der Waals surface area contributed by atoms with E-state index in [4.69, 9.17) is 9.47 Å². The molecule has 3 aromatic rings. The molecule has 4 atom stereocenters. The summed E-state index contributed by atoms with van der Waals surface area (Å²) in [7, 11) is 0. The third-order valence-corrected chi connectivity index (χ3v) is 8.50. The molecule has 0 spiro atoms. The van der Waals surface area contributed by atoms with Gasteiger partial charge in [0.15, 0.2) is 0 Å². The number of benzene rings is 3. The third-order valence-electron chi connectivity index (χ3n) is 8.50. The van der Waals surface area contributed by atoms with Gasteiger partial charge in [-0.25, -0.2) is 9.59 Å². The zero-order valence-corrected chi connectivity index (χ0v) is 24.8. The summed E-state index contributed by atoms with van der Waals surface area (Å²) in [6.07, 6.45) is 0.424. The highest BCUT2D eigenvalue weighted by Crippen LogP contribution is 2.44. The summed E-state index contributed by atoms with van der Waals surface area (Å²) >= 11 is 0. The molecule has 1 aliphatic carbocycles. The lowest BCUT2D eigenvalue weighted by Gasteiger charge is -2.40. The predicted octanol–water partition coefficient (Wildman–Crippen LogP) is 7.31. The Morgan fingerprint density at radius 3 is 2.00 bits per heavy atom. The quantitative estimate of drug-likeness (QED) is 0.230. The first kappa shape index (κ1) is 30.3. The van der Waals surface area contributed by atoms with E-state index in [0.717, 1.165) is 35.1 Å². The Hall–Kier alpha value is -3.64. The van der Waals surface area contributed by atoms with Crippen molar-refractivity contribution in [3.05, 3.63) is 95.6 Å². The maximum absolute atomic E-state index is 13.2. The second-order valence-corrected chi connectivity index (χ2v) is 11.8. The molecule has 2 N–H and O–H groups in total. The van der Waals surface area contributed by atoms with Crippen molar-refractivity contribution in [2.75, 3.05) is 13.2 Å². The van der Waals surface area contributed by atoms with Crippen LogP contribution in [0.4, 0.5) is 4.79 Å². The predicted molar refractivity (Wildman–Crippen MR) is 162 cm³/mol. The van der Waals surface area contributed by atoms with Crippen molar-refractivity contribution < 1.29 is 24.2 Å². The van der Waals surface area contributed by atoms with E-state index >= 15 is 0 Å². The maximum atomic E-state index is 13.2. The van der Waals surface area contributed by atoms with Crippen LogP contribution in [0.1, 0.15) is 63.6 Å². The number of carbonyl (C=O) groups is 2. The number of carboxylic acids is 1. The fourth-order valence-corrected chi connectivity index (χ4v) is 5.94. The van der Waals surface area contributed by atoms with Crippen LogP contribution in [0.15, 0.2) is 78.9 Å². The van der Waals surface area contributed by atoms with Crippen LogP contribution in [0.25, 0.3) is 11.1 Å². The topological polar surface area (TPSA) is 84.9 Å². The largest absolute Gasteiger partial charge is 0.480 e. The molecule has 0 saturated heterocycles. The number of amides is 1. The molecule has 1 unspecified atom stereocenters. The molecule has 41 heavy (non-hydrogen) atoms. The van der Waals surface area contributed by atoms with Gasteiger partial charge in [-0.15, -0.1) is 0 Å². The van der Waals surface area contributed by atoms with Gasteiger partial charge in [-0.05, 0) is 53.0 Å². The van der Waals surface area contributed by atoms with Gasteiger partial charge in [-0.3, -0.25) is 0 Å². The van der Waals surface area contributed by atoms with E-state index in [0.29, 0.717) is 6.61 Å². The average molecular weight is 558 g/mol. The first-order valence-corrected chi connectivity index (χ1v) is 14.7. The van der Waals surface area contributed by atoms with E-state index in [1.165, 1.54) is 5.56 Å². The standard InChI is InChI=1S/C35H43NO5/c1-6-26(20-25-14-8-7-9-15-25)32(40-21-23(2)3)24(4)35(5,33(37)38)36-34(39)41-22-31-29-18-12-10-16-27(29)28-17-11-13-19-30(28)31/h7-19,23-24,26,31-32H,6,20-22H2,1-5H3,(H,36,39)(H,37,38)/t24-,26-,32+,35?/m1/s1. The fourth-order valence-electron chi connectivity index (χ4n) is 5.94. The normalized spacial score (nSPS) is 16.2. The molecule has 218 valence electrons. The smallest absolute Gasteiger partial charge is 0.408 e. The van der Waals surface area contributed by atoms with Gasteiger partial charge in [0, 0.05) is 18.4 Å². The van der Waals surface area contributed by atoms with E-state index in [1.807, 2.05) is 49.4 Å². The minimum absolute atomic E-state index is 0.0640. The summed E-state index contributed by atoms with van der Waals surface area (Å²) in [4.78, 5) is 26.0. The molecular formula is C35H43NO5. The Bertz CT molecular complexity index is 1280. The molecule has 0 aliphatic heterocycles. The zero-order chi connectivity index (χ0) is 29.6. The number of rotatable bonds is 13. The van der Waals surface area contributed by atoms with Crippen LogP contribution in [-0.4, -0.2) is 42.0 Å². The van der Waals surface area contributed by atoms with E-state index in [1.54, 1.807) is 6.92 Å². The molecular weight excluding hydrogens is 514 g/mol. The van der Waals surface area contributed by atoms with Gasteiger partial charge in [0.2, 0.25) is 0 Å². The summed E-state index contributed by atoms with van der Waals surface area (Å²) in [6.45, 7) is 10.3. The Morgan fingerprint density at radius 2 is 1.46 bits per heavy atom. The first-order valence-electron chi connectivity index (χ1n) is 14.7. The number of nitrogens with one attached hydrogen (secondary N) is 1. The second-order valence-electron chi connectivity index (χ2n) is 11.8. The Kier molecular flexibility index (Phi) is 9.87. The molecule has 1 amide bonds. The Labute approximate surface area is 244 Å². The summed E-state index contributed by atoms with van der Waals surface area (Å²) in [5, 5.41) is 13.2. The van der Waals surface area contributed by atoms with Gasteiger partial charge in [-0.1, -0.05) is 113 Å². The summed E-state index contributed by atoms with van der Waals surface area (Å²) in [5.74, 6) is -1.42. The van der Waals surface area contributed by atoms with Gasteiger partial charge >= 0.3 is 12.1 Å². The van der Waals surface area contributed by atoms with E-state index in [-0.39, 0.29) is 24.4 Å². The van der Waals surface area contributed by atoms with Crippen molar-refractivity contribution in [2.24, 2.45) is 17.8 Å².